The Bertz CT molecular complexity index is 815. The molecule has 0 aliphatic heterocycles. The van der Waals surface area contributed by atoms with Crippen molar-refractivity contribution in [1.82, 2.24) is 9.78 Å². The second kappa shape index (κ2) is 6.73. The van der Waals surface area contributed by atoms with Gasteiger partial charge in [0.1, 0.15) is 11.9 Å². The number of nitro benzene ring substituents is 1. The Kier molecular flexibility index (Phi) is 4.73. The summed E-state index contributed by atoms with van der Waals surface area (Å²) in [4.78, 5) is 32.9. The number of non-ortho nitro benzene ring substituents is 1. The zero-order chi connectivity index (χ0) is 17.9. The summed E-state index contributed by atoms with van der Waals surface area (Å²) in [5, 5.41) is 28.0. The van der Waals surface area contributed by atoms with Crippen LogP contribution >= 0.6 is 0 Å². The molecule has 0 saturated heterocycles. The van der Waals surface area contributed by atoms with Gasteiger partial charge in [-0.2, -0.15) is 5.10 Å². The number of methoxy groups -OCH3 is 1. The largest absolute Gasteiger partial charge is 0.494 e. The Morgan fingerprint density at radius 3 is 2.58 bits per heavy atom. The van der Waals surface area contributed by atoms with Gasteiger partial charge in [-0.1, -0.05) is 0 Å². The molecule has 2 rings (SSSR count). The molecule has 1 heterocycles. The molecule has 0 aliphatic carbocycles. The highest BCUT2D eigenvalue weighted by molar-refractivity contribution is 6.06. The van der Waals surface area contributed by atoms with E-state index in [0.717, 1.165) is 12.3 Å². The van der Waals surface area contributed by atoms with Crippen LogP contribution in [0.4, 0.5) is 17.1 Å². The van der Waals surface area contributed by atoms with Crippen molar-refractivity contribution in [3.8, 4) is 5.75 Å². The number of carbonyl (C=O) groups excluding carboxylic acids is 1. The summed E-state index contributed by atoms with van der Waals surface area (Å²) in [5.74, 6) is -0.712. The van der Waals surface area contributed by atoms with Gasteiger partial charge in [0, 0.05) is 12.6 Å². The molecule has 1 N–H and O–H groups in total. The molecule has 1 aromatic heterocycles. The molecule has 0 radical (unpaired) electrons. The minimum absolute atomic E-state index is 0.0581. The maximum absolute atomic E-state index is 12.4. The van der Waals surface area contributed by atoms with Crippen molar-refractivity contribution in [2.45, 2.75) is 13.5 Å². The molecule has 1 amide bonds. The first-order valence-electron chi connectivity index (χ1n) is 6.73. The quantitative estimate of drug-likeness (QED) is 0.628. The lowest BCUT2D eigenvalue weighted by atomic mass is 10.2. The van der Waals surface area contributed by atoms with Gasteiger partial charge in [-0.05, 0) is 13.0 Å². The predicted molar refractivity (Wildman–Crippen MR) is 82.2 cm³/mol. The van der Waals surface area contributed by atoms with Crippen LogP contribution in [0.1, 0.15) is 17.4 Å². The summed E-state index contributed by atoms with van der Waals surface area (Å²) in [5.41, 5.74) is -0.723. The minimum atomic E-state index is -0.770. The zero-order valence-corrected chi connectivity index (χ0v) is 12.8. The predicted octanol–water partition coefficient (Wildman–Crippen LogP) is 1.98. The van der Waals surface area contributed by atoms with Crippen molar-refractivity contribution in [3.05, 3.63) is 50.3 Å². The van der Waals surface area contributed by atoms with Crippen molar-refractivity contribution in [3.63, 3.8) is 0 Å². The second-order valence-corrected chi connectivity index (χ2v) is 4.55. The van der Waals surface area contributed by atoms with Crippen LogP contribution in [-0.2, 0) is 6.54 Å². The molecule has 2 aromatic rings. The third kappa shape index (κ3) is 3.14. The third-order valence-electron chi connectivity index (χ3n) is 3.18. The van der Waals surface area contributed by atoms with Gasteiger partial charge in [0.2, 0.25) is 5.69 Å². The van der Waals surface area contributed by atoms with Crippen LogP contribution in [0.2, 0.25) is 0 Å². The van der Waals surface area contributed by atoms with Gasteiger partial charge >= 0.3 is 5.69 Å². The van der Waals surface area contributed by atoms with E-state index in [-0.39, 0.29) is 29.4 Å². The molecule has 0 spiro atoms. The van der Waals surface area contributed by atoms with Gasteiger partial charge in [0.15, 0.2) is 0 Å². The van der Waals surface area contributed by atoms with Gasteiger partial charge in [-0.3, -0.25) is 29.7 Å². The highest BCUT2D eigenvalue weighted by Gasteiger charge is 2.27. The van der Waals surface area contributed by atoms with Crippen molar-refractivity contribution in [1.29, 1.82) is 0 Å². The Morgan fingerprint density at radius 2 is 2.04 bits per heavy atom. The topological polar surface area (TPSA) is 142 Å². The summed E-state index contributed by atoms with van der Waals surface area (Å²) in [6.07, 6.45) is 0.992. The van der Waals surface area contributed by atoms with Gasteiger partial charge < -0.3 is 10.1 Å². The van der Waals surface area contributed by atoms with Crippen LogP contribution in [0, 0.1) is 20.2 Å². The molecule has 0 atom stereocenters. The number of rotatable bonds is 6. The fourth-order valence-corrected chi connectivity index (χ4v) is 2.06. The highest BCUT2D eigenvalue weighted by atomic mass is 16.6. The van der Waals surface area contributed by atoms with Crippen molar-refractivity contribution in [2.24, 2.45) is 0 Å². The summed E-state index contributed by atoms with van der Waals surface area (Å²) >= 11 is 0. The monoisotopic (exact) mass is 335 g/mol. The number of amides is 1. The van der Waals surface area contributed by atoms with E-state index in [1.807, 2.05) is 0 Å². The molecule has 0 fully saturated rings. The van der Waals surface area contributed by atoms with Crippen molar-refractivity contribution in [2.75, 3.05) is 12.4 Å². The number of nitrogens with zero attached hydrogens (tertiary/aromatic N) is 4. The number of hydrogen-bond donors (Lipinski definition) is 1. The smallest absolute Gasteiger partial charge is 0.320 e. The second-order valence-electron chi connectivity index (χ2n) is 4.55. The number of nitrogens with one attached hydrogen (secondary N) is 1. The number of anilines is 1. The molecule has 0 aliphatic rings. The first kappa shape index (κ1) is 16.9. The molecule has 0 saturated carbocycles. The van der Waals surface area contributed by atoms with E-state index >= 15 is 0 Å². The number of benzene rings is 1. The Morgan fingerprint density at radius 1 is 1.33 bits per heavy atom. The lowest BCUT2D eigenvalue weighted by Gasteiger charge is -2.10. The van der Waals surface area contributed by atoms with Crippen molar-refractivity contribution < 1.29 is 19.4 Å². The van der Waals surface area contributed by atoms with Gasteiger partial charge in [-0.25, -0.2) is 0 Å². The number of nitro groups is 2. The fourth-order valence-electron chi connectivity index (χ4n) is 2.06. The Hall–Kier alpha value is -3.50. The van der Waals surface area contributed by atoms with Crippen LogP contribution in [0.15, 0.2) is 24.4 Å². The molecule has 126 valence electrons. The molecular weight excluding hydrogens is 322 g/mol. The number of aromatic nitrogens is 2. The summed E-state index contributed by atoms with van der Waals surface area (Å²) in [7, 11) is 1.29. The number of carbonyl (C=O) groups is 1. The highest BCUT2D eigenvalue weighted by Crippen LogP contribution is 2.30. The number of aryl methyl sites for hydroxylation is 1. The fraction of sp³-hybridized carbons (Fsp3) is 0.231. The van der Waals surface area contributed by atoms with Gasteiger partial charge in [-0.15, -0.1) is 0 Å². The number of ether oxygens (including phenoxy) is 1. The molecule has 1 aromatic carbocycles. The maximum Gasteiger partial charge on any atom is 0.320 e. The zero-order valence-electron chi connectivity index (χ0n) is 12.8. The third-order valence-corrected chi connectivity index (χ3v) is 3.18. The van der Waals surface area contributed by atoms with Crippen LogP contribution in [0.3, 0.4) is 0 Å². The maximum atomic E-state index is 12.4. The van der Waals surface area contributed by atoms with Gasteiger partial charge in [0.05, 0.1) is 28.7 Å². The van der Waals surface area contributed by atoms with E-state index in [1.165, 1.54) is 23.9 Å². The molecule has 24 heavy (non-hydrogen) atoms. The average molecular weight is 335 g/mol. The summed E-state index contributed by atoms with van der Waals surface area (Å²) < 4.78 is 6.20. The van der Waals surface area contributed by atoms with E-state index in [9.17, 15) is 25.0 Å². The van der Waals surface area contributed by atoms with Crippen LogP contribution in [0.25, 0.3) is 0 Å². The summed E-state index contributed by atoms with van der Waals surface area (Å²) in [6, 6.07) is 3.61. The Labute approximate surface area is 135 Å². The number of hydrogen-bond acceptors (Lipinski definition) is 7. The standard InChI is InChI=1S/C13H13N5O6/c1-3-16-12(10(7-14-16)18(22)23)13(19)15-9-5-4-8(17(20)21)6-11(9)24-2/h4-7H,3H2,1-2H3,(H,15,19). The normalized spacial score (nSPS) is 10.2. The lowest BCUT2D eigenvalue weighted by molar-refractivity contribution is -0.385. The van der Waals surface area contributed by atoms with E-state index < -0.39 is 21.4 Å². The molecule has 11 heteroatoms. The van der Waals surface area contributed by atoms with Crippen LogP contribution in [0.5, 0.6) is 5.75 Å². The van der Waals surface area contributed by atoms with E-state index in [4.69, 9.17) is 4.74 Å². The minimum Gasteiger partial charge on any atom is -0.494 e. The average Bonchev–Trinajstić information content (AvgIpc) is 2.99. The SMILES string of the molecule is CCn1ncc([N+](=O)[O-])c1C(=O)Nc1ccc([N+](=O)[O-])cc1OC. The van der Waals surface area contributed by atoms with E-state index in [1.54, 1.807) is 6.92 Å². The summed E-state index contributed by atoms with van der Waals surface area (Å²) in [6.45, 7) is 1.94. The molecule has 11 nitrogen and oxygen atoms in total. The van der Waals surface area contributed by atoms with Crippen LogP contribution in [-0.4, -0.2) is 32.6 Å². The van der Waals surface area contributed by atoms with E-state index in [0.29, 0.717) is 0 Å². The first-order valence-corrected chi connectivity index (χ1v) is 6.73. The van der Waals surface area contributed by atoms with Gasteiger partial charge in [0.25, 0.3) is 11.6 Å². The molecule has 0 unspecified atom stereocenters. The molecule has 0 bridgehead atoms. The molecular formula is C13H13N5O6. The van der Waals surface area contributed by atoms with Crippen LogP contribution < -0.4 is 10.1 Å². The van der Waals surface area contributed by atoms with E-state index in [2.05, 4.69) is 10.4 Å². The van der Waals surface area contributed by atoms with Crippen molar-refractivity contribution >= 4 is 23.0 Å². The Balaban J connectivity index is 2.39. The first-order chi connectivity index (χ1) is 11.4. The lowest BCUT2D eigenvalue weighted by Crippen LogP contribution is -2.19.